The van der Waals surface area contributed by atoms with Crippen LogP contribution in [0.15, 0.2) is 24.5 Å². The molecule has 174 valence electrons. The first-order chi connectivity index (χ1) is 14.7. The van der Waals surface area contributed by atoms with Crippen LogP contribution >= 0.6 is 11.6 Å². The maximum absolute atomic E-state index is 12.5. The maximum Gasteiger partial charge on any atom is 0.422 e. The number of pyridine rings is 1. The Bertz CT molecular complexity index is 1020. The van der Waals surface area contributed by atoms with Crippen molar-refractivity contribution in [3.63, 3.8) is 0 Å². The summed E-state index contributed by atoms with van der Waals surface area (Å²) in [5, 5.41) is 3.01. The number of alkyl halides is 3. The standard InChI is InChI=1S/C20H23ClF3N5O3/c1-11(12-8-13(21)15(26-9-12)31-10-20(22,23)24)27-16-25-7-6-14(28-16)29-17(30)32-19(4,5)18(29,2)3/h6-9,11H,10H2,1-5H3,(H,25,27,28)/t11-/m0/s1. The number of carbonyl (C=O) groups is 1. The molecule has 2 aromatic heterocycles. The largest absolute Gasteiger partial charge is 0.467 e. The van der Waals surface area contributed by atoms with E-state index in [9.17, 15) is 18.0 Å². The molecule has 1 amide bonds. The number of nitrogens with zero attached hydrogens (tertiary/aromatic N) is 4. The van der Waals surface area contributed by atoms with Gasteiger partial charge in [0.25, 0.3) is 0 Å². The van der Waals surface area contributed by atoms with E-state index in [-0.39, 0.29) is 16.9 Å². The van der Waals surface area contributed by atoms with Crippen molar-refractivity contribution in [3.8, 4) is 5.88 Å². The van der Waals surface area contributed by atoms with Gasteiger partial charge in [0, 0.05) is 12.4 Å². The molecule has 12 heteroatoms. The zero-order valence-electron chi connectivity index (χ0n) is 18.1. The number of cyclic esters (lactones) is 1. The van der Waals surface area contributed by atoms with Crippen molar-refractivity contribution >= 4 is 29.5 Å². The molecule has 32 heavy (non-hydrogen) atoms. The van der Waals surface area contributed by atoms with Gasteiger partial charge in [-0.15, -0.1) is 0 Å². The summed E-state index contributed by atoms with van der Waals surface area (Å²) in [6.45, 7) is 7.70. The van der Waals surface area contributed by atoms with Crippen LogP contribution in [-0.2, 0) is 4.74 Å². The molecule has 1 aliphatic heterocycles. The summed E-state index contributed by atoms with van der Waals surface area (Å²) in [7, 11) is 0. The van der Waals surface area contributed by atoms with Gasteiger partial charge in [-0.2, -0.15) is 18.2 Å². The molecule has 0 unspecified atom stereocenters. The summed E-state index contributed by atoms with van der Waals surface area (Å²) < 4.78 is 47.1. The van der Waals surface area contributed by atoms with Gasteiger partial charge in [0.2, 0.25) is 11.8 Å². The van der Waals surface area contributed by atoms with Gasteiger partial charge in [-0.1, -0.05) is 11.6 Å². The molecular formula is C20H23ClF3N5O3. The lowest BCUT2D eigenvalue weighted by Gasteiger charge is -2.36. The van der Waals surface area contributed by atoms with Crippen LogP contribution < -0.4 is 15.0 Å². The van der Waals surface area contributed by atoms with Gasteiger partial charge < -0.3 is 14.8 Å². The topological polar surface area (TPSA) is 89.5 Å². The van der Waals surface area contributed by atoms with Crippen molar-refractivity contribution in [1.82, 2.24) is 15.0 Å². The van der Waals surface area contributed by atoms with Crippen molar-refractivity contribution in [2.45, 2.75) is 58.0 Å². The molecule has 0 aliphatic carbocycles. The summed E-state index contributed by atoms with van der Waals surface area (Å²) in [6, 6.07) is 2.65. The first-order valence-corrected chi connectivity index (χ1v) is 10.1. The van der Waals surface area contributed by atoms with Crippen LogP contribution in [0.3, 0.4) is 0 Å². The van der Waals surface area contributed by atoms with Crippen molar-refractivity contribution in [2.24, 2.45) is 0 Å². The van der Waals surface area contributed by atoms with Crippen LogP contribution in [0.25, 0.3) is 0 Å². The lowest BCUT2D eigenvalue weighted by atomic mass is 9.85. The molecule has 0 saturated carbocycles. The summed E-state index contributed by atoms with van der Waals surface area (Å²) >= 11 is 6.02. The number of aromatic nitrogens is 3. The molecule has 1 N–H and O–H groups in total. The Morgan fingerprint density at radius 1 is 1.28 bits per heavy atom. The summed E-state index contributed by atoms with van der Waals surface area (Å²) in [5.41, 5.74) is -0.815. The Hall–Kier alpha value is -2.82. The molecule has 1 atom stereocenters. The molecule has 2 aromatic rings. The number of carbonyl (C=O) groups excluding carboxylic acids is 1. The second-order valence-electron chi connectivity index (χ2n) is 8.34. The van der Waals surface area contributed by atoms with Crippen molar-refractivity contribution in [1.29, 1.82) is 0 Å². The van der Waals surface area contributed by atoms with Gasteiger partial charge in [-0.25, -0.2) is 14.8 Å². The Morgan fingerprint density at radius 2 is 1.97 bits per heavy atom. The zero-order chi connectivity index (χ0) is 23.9. The first-order valence-electron chi connectivity index (χ1n) is 9.69. The summed E-state index contributed by atoms with van der Waals surface area (Å²) in [4.78, 5) is 26.4. The molecule has 3 rings (SSSR count). The van der Waals surface area contributed by atoms with E-state index in [4.69, 9.17) is 16.3 Å². The molecule has 1 saturated heterocycles. The zero-order valence-corrected chi connectivity index (χ0v) is 18.9. The Morgan fingerprint density at radius 3 is 2.53 bits per heavy atom. The average Bonchev–Trinajstić information content (AvgIpc) is 2.82. The van der Waals surface area contributed by atoms with Gasteiger partial charge >= 0.3 is 12.3 Å². The van der Waals surface area contributed by atoms with E-state index in [0.717, 1.165) is 0 Å². The van der Waals surface area contributed by atoms with E-state index in [0.29, 0.717) is 11.4 Å². The summed E-state index contributed by atoms with van der Waals surface area (Å²) in [5.74, 6) is 0.287. The molecule has 8 nitrogen and oxygen atoms in total. The minimum Gasteiger partial charge on any atom is -0.467 e. The number of hydrogen-bond donors (Lipinski definition) is 1. The maximum atomic E-state index is 12.5. The fourth-order valence-corrected chi connectivity index (χ4v) is 3.25. The van der Waals surface area contributed by atoms with Gasteiger partial charge in [-0.3, -0.25) is 4.90 Å². The predicted molar refractivity (Wildman–Crippen MR) is 112 cm³/mol. The van der Waals surface area contributed by atoms with Crippen LogP contribution in [-0.4, -0.2) is 45.0 Å². The van der Waals surface area contributed by atoms with Crippen LogP contribution in [0.1, 0.15) is 46.2 Å². The number of hydrogen-bond acceptors (Lipinski definition) is 7. The monoisotopic (exact) mass is 473 g/mol. The normalized spacial score (nSPS) is 18.3. The first kappa shape index (κ1) is 23.8. The molecule has 0 spiro atoms. The van der Waals surface area contributed by atoms with Gasteiger partial charge in [0.05, 0.1) is 11.6 Å². The van der Waals surface area contributed by atoms with E-state index < -0.39 is 36.1 Å². The lowest BCUT2D eigenvalue weighted by molar-refractivity contribution is -0.154. The molecule has 1 aliphatic rings. The Kier molecular flexibility index (Phi) is 6.16. The highest BCUT2D eigenvalue weighted by Crippen LogP contribution is 2.41. The van der Waals surface area contributed by atoms with Crippen molar-refractivity contribution in [2.75, 3.05) is 16.8 Å². The molecule has 0 bridgehead atoms. The Labute approximate surface area is 188 Å². The smallest absolute Gasteiger partial charge is 0.422 e. The number of ether oxygens (including phenoxy) is 2. The third kappa shape index (κ3) is 4.82. The van der Waals surface area contributed by atoms with Crippen LogP contribution in [0.2, 0.25) is 5.02 Å². The second-order valence-corrected chi connectivity index (χ2v) is 8.74. The predicted octanol–water partition coefficient (Wildman–Crippen LogP) is 5.15. The van der Waals surface area contributed by atoms with Crippen LogP contribution in [0, 0.1) is 0 Å². The van der Waals surface area contributed by atoms with E-state index in [2.05, 4.69) is 25.0 Å². The van der Waals surface area contributed by atoms with E-state index >= 15 is 0 Å². The highest BCUT2D eigenvalue weighted by molar-refractivity contribution is 6.31. The second kappa shape index (κ2) is 8.27. The highest BCUT2D eigenvalue weighted by atomic mass is 35.5. The molecule has 3 heterocycles. The quantitative estimate of drug-likeness (QED) is 0.620. The third-order valence-corrected chi connectivity index (χ3v) is 5.74. The van der Waals surface area contributed by atoms with Crippen LogP contribution in [0.4, 0.5) is 29.7 Å². The number of rotatable bonds is 6. The van der Waals surface area contributed by atoms with Crippen molar-refractivity contribution in [3.05, 3.63) is 35.1 Å². The number of halogens is 4. The minimum absolute atomic E-state index is 0.0566. The van der Waals surface area contributed by atoms with Gasteiger partial charge in [0.1, 0.15) is 16.4 Å². The average molecular weight is 474 g/mol. The van der Waals surface area contributed by atoms with Gasteiger partial charge in [-0.05, 0) is 52.3 Å². The number of anilines is 2. The Balaban J connectivity index is 1.76. The van der Waals surface area contributed by atoms with Crippen LogP contribution in [0.5, 0.6) is 5.88 Å². The van der Waals surface area contributed by atoms with Crippen molar-refractivity contribution < 1.29 is 27.4 Å². The minimum atomic E-state index is -4.49. The lowest BCUT2D eigenvalue weighted by Crippen LogP contribution is -2.51. The highest BCUT2D eigenvalue weighted by Gasteiger charge is 2.55. The van der Waals surface area contributed by atoms with E-state index in [1.165, 1.54) is 23.4 Å². The third-order valence-electron chi connectivity index (χ3n) is 5.47. The molecular weight excluding hydrogens is 451 g/mol. The van der Waals surface area contributed by atoms with E-state index in [1.807, 2.05) is 27.7 Å². The molecule has 0 radical (unpaired) electrons. The SMILES string of the molecule is C[C@H](Nc1nccc(N2C(=O)OC(C)(C)C2(C)C)n1)c1cnc(OCC(F)(F)F)c(Cl)c1. The number of nitrogens with one attached hydrogen (secondary N) is 1. The molecule has 0 aromatic carbocycles. The fourth-order valence-electron chi connectivity index (χ4n) is 3.02. The summed E-state index contributed by atoms with van der Waals surface area (Å²) in [6.07, 6.45) is -2.15. The fraction of sp³-hybridized carbons (Fsp3) is 0.500. The number of amides is 1. The van der Waals surface area contributed by atoms with Gasteiger partial charge in [0.15, 0.2) is 6.61 Å². The van der Waals surface area contributed by atoms with E-state index in [1.54, 1.807) is 13.0 Å². The molecule has 1 fully saturated rings.